The van der Waals surface area contributed by atoms with Crippen molar-refractivity contribution >= 4 is 11.9 Å². The number of amides is 3. The van der Waals surface area contributed by atoms with E-state index in [0.29, 0.717) is 45.7 Å². The lowest BCUT2D eigenvalue weighted by Crippen LogP contribution is -2.53. The molecule has 0 aromatic heterocycles. The molecule has 6 nitrogen and oxygen atoms in total. The van der Waals surface area contributed by atoms with E-state index in [1.807, 2.05) is 34.1 Å². The van der Waals surface area contributed by atoms with Crippen LogP contribution in [0.5, 0.6) is 0 Å². The number of carbonyl (C=O) groups excluding carboxylic acids is 2. The summed E-state index contributed by atoms with van der Waals surface area (Å²) in [5.74, 6) is -0.0371. The maximum absolute atomic E-state index is 14.3. The van der Waals surface area contributed by atoms with Crippen molar-refractivity contribution < 1.29 is 9.59 Å². The molecule has 39 heavy (non-hydrogen) atoms. The van der Waals surface area contributed by atoms with Crippen LogP contribution < -0.4 is 0 Å². The molecular weight excluding hydrogens is 484 g/mol. The largest absolute Gasteiger partial charge is 0.329 e. The third-order valence-electron chi connectivity index (χ3n) is 7.74. The first-order valence-electron chi connectivity index (χ1n) is 15.5. The molecule has 222 valence electrons. The van der Waals surface area contributed by atoms with Gasteiger partial charge in [0.15, 0.2) is 0 Å². The van der Waals surface area contributed by atoms with E-state index in [9.17, 15) is 9.59 Å². The summed E-state index contributed by atoms with van der Waals surface area (Å²) in [7, 11) is 0. The first-order valence-corrected chi connectivity index (χ1v) is 15.5. The lowest BCUT2D eigenvalue weighted by Gasteiger charge is -2.38. The van der Waals surface area contributed by atoms with Gasteiger partial charge in [-0.1, -0.05) is 115 Å². The van der Waals surface area contributed by atoms with Crippen LogP contribution in [0.3, 0.4) is 0 Å². The average Bonchev–Trinajstić information content (AvgIpc) is 3.10. The van der Waals surface area contributed by atoms with Crippen molar-refractivity contribution in [3.8, 4) is 0 Å². The standard InChI is InChI=1S/C33H58N4O2/c1-7-13-15-17-19-21-23-33(24-22-20-18-16-14-8-2)31(38)36(29-34(25-9-3)26-10-4)32(39)37(33)30-35(27-11-5)28-12-6/h9-12H,3-8,13-30H2,1-2H3. The monoisotopic (exact) mass is 542 g/mol. The maximum Gasteiger partial charge on any atom is 0.329 e. The summed E-state index contributed by atoms with van der Waals surface area (Å²) in [6, 6.07) is -0.187. The Bertz CT molecular complexity index is 714. The summed E-state index contributed by atoms with van der Waals surface area (Å²) in [5, 5.41) is 0. The number of rotatable bonds is 26. The molecule has 0 saturated carbocycles. The minimum atomic E-state index is -0.804. The third kappa shape index (κ3) is 11.4. The van der Waals surface area contributed by atoms with Crippen LogP contribution in [0, 0.1) is 0 Å². The first kappa shape index (κ1) is 34.8. The highest BCUT2D eigenvalue weighted by Gasteiger charge is 2.56. The van der Waals surface area contributed by atoms with Crippen molar-refractivity contribution in [2.75, 3.05) is 39.5 Å². The van der Waals surface area contributed by atoms with Crippen molar-refractivity contribution in [3.05, 3.63) is 50.6 Å². The highest BCUT2D eigenvalue weighted by atomic mass is 16.2. The molecule has 1 fully saturated rings. The van der Waals surface area contributed by atoms with Gasteiger partial charge in [-0.2, -0.15) is 0 Å². The lowest BCUT2D eigenvalue weighted by molar-refractivity contribution is -0.136. The first-order chi connectivity index (χ1) is 18.9. The molecular formula is C33H58N4O2. The Balaban J connectivity index is 3.31. The summed E-state index contributed by atoms with van der Waals surface area (Å²) in [4.78, 5) is 35.9. The Morgan fingerprint density at radius 2 is 1.00 bits per heavy atom. The molecule has 1 heterocycles. The van der Waals surface area contributed by atoms with Crippen LogP contribution in [-0.4, -0.2) is 76.6 Å². The van der Waals surface area contributed by atoms with Crippen molar-refractivity contribution in [1.82, 2.24) is 19.6 Å². The van der Waals surface area contributed by atoms with Gasteiger partial charge in [0, 0.05) is 26.2 Å². The number of urea groups is 1. The molecule has 1 aliphatic heterocycles. The van der Waals surface area contributed by atoms with Crippen LogP contribution >= 0.6 is 0 Å². The lowest BCUT2D eigenvalue weighted by atomic mass is 9.84. The summed E-state index contributed by atoms with van der Waals surface area (Å²) in [6.45, 7) is 23.1. The zero-order chi connectivity index (χ0) is 28.9. The third-order valence-corrected chi connectivity index (χ3v) is 7.74. The van der Waals surface area contributed by atoms with Crippen LogP contribution in [-0.2, 0) is 4.79 Å². The summed E-state index contributed by atoms with van der Waals surface area (Å²) in [6.07, 6.45) is 22.6. The van der Waals surface area contributed by atoms with Crippen LogP contribution in [0.4, 0.5) is 4.79 Å². The fourth-order valence-corrected chi connectivity index (χ4v) is 5.62. The van der Waals surface area contributed by atoms with Crippen molar-refractivity contribution in [1.29, 1.82) is 0 Å². The molecule has 1 saturated heterocycles. The molecule has 0 radical (unpaired) electrons. The molecule has 0 aliphatic carbocycles. The van der Waals surface area contributed by atoms with Gasteiger partial charge in [0.25, 0.3) is 5.91 Å². The molecule has 1 aliphatic rings. The molecule has 0 aromatic rings. The van der Waals surface area contributed by atoms with E-state index in [-0.39, 0.29) is 18.6 Å². The van der Waals surface area contributed by atoms with Crippen LogP contribution in [0.1, 0.15) is 104 Å². The predicted octanol–water partition coefficient (Wildman–Crippen LogP) is 7.75. The highest BCUT2D eigenvalue weighted by Crippen LogP contribution is 2.38. The van der Waals surface area contributed by atoms with Gasteiger partial charge in [0.05, 0.1) is 13.3 Å². The quantitative estimate of drug-likeness (QED) is 0.0637. The van der Waals surface area contributed by atoms with Gasteiger partial charge in [-0.25, -0.2) is 9.69 Å². The molecule has 0 atom stereocenters. The number of unbranched alkanes of at least 4 members (excludes halogenated alkanes) is 10. The number of imide groups is 1. The molecule has 0 aromatic carbocycles. The predicted molar refractivity (Wildman–Crippen MR) is 166 cm³/mol. The number of hydrogen-bond acceptors (Lipinski definition) is 4. The Labute approximate surface area is 240 Å². The molecule has 0 bridgehead atoms. The van der Waals surface area contributed by atoms with E-state index in [1.165, 1.54) is 56.3 Å². The Morgan fingerprint density at radius 3 is 1.41 bits per heavy atom. The zero-order valence-electron chi connectivity index (χ0n) is 25.4. The minimum Gasteiger partial charge on any atom is -0.296 e. The molecule has 0 spiro atoms. The number of nitrogens with zero attached hydrogens (tertiary/aromatic N) is 4. The molecule has 6 heteroatoms. The van der Waals surface area contributed by atoms with Crippen molar-refractivity contribution in [2.45, 2.75) is 109 Å². The second kappa shape index (κ2) is 20.7. The van der Waals surface area contributed by atoms with E-state index in [2.05, 4.69) is 45.1 Å². The van der Waals surface area contributed by atoms with Gasteiger partial charge in [0.2, 0.25) is 0 Å². The van der Waals surface area contributed by atoms with Gasteiger partial charge in [-0.15, -0.1) is 26.3 Å². The summed E-state index contributed by atoms with van der Waals surface area (Å²) in [5.41, 5.74) is -0.804. The van der Waals surface area contributed by atoms with E-state index in [0.717, 1.165) is 25.7 Å². The van der Waals surface area contributed by atoms with Crippen LogP contribution in [0.2, 0.25) is 0 Å². The van der Waals surface area contributed by atoms with E-state index >= 15 is 0 Å². The average molecular weight is 543 g/mol. The SMILES string of the molecule is C=CCN(CC=C)CN1C(=O)N(CN(CC=C)CC=C)C(CCCCCCCC)(CCCCCCCC)C1=O. The second-order valence-electron chi connectivity index (χ2n) is 11.0. The van der Waals surface area contributed by atoms with Crippen LogP contribution in [0.25, 0.3) is 0 Å². The van der Waals surface area contributed by atoms with Gasteiger partial charge < -0.3 is 0 Å². The second-order valence-corrected chi connectivity index (χ2v) is 11.0. The highest BCUT2D eigenvalue weighted by molar-refractivity contribution is 6.07. The van der Waals surface area contributed by atoms with E-state index in [1.54, 1.807) is 0 Å². The number of hydrogen-bond donors (Lipinski definition) is 0. The smallest absolute Gasteiger partial charge is 0.296 e. The fraction of sp³-hybridized carbons (Fsp3) is 0.697. The van der Waals surface area contributed by atoms with Gasteiger partial charge in [0.1, 0.15) is 5.54 Å². The van der Waals surface area contributed by atoms with Crippen molar-refractivity contribution in [2.24, 2.45) is 0 Å². The zero-order valence-corrected chi connectivity index (χ0v) is 25.4. The number of carbonyl (C=O) groups is 2. The molecule has 0 N–H and O–H groups in total. The van der Waals surface area contributed by atoms with Gasteiger partial charge >= 0.3 is 6.03 Å². The Kier molecular flexibility index (Phi) is 18.5. The summed E-state index contributed by atoms with van der Waals surface area (Å²) >= 11 is 0. The van der Waals surface area contributed by atoms with Gasteiger partial charge in [-0.3, -0.25) is 19.5 Å². The molecule has 3 amide bonds. The molecule has 1 rings (SSSR count). The Hall–Kier alpha value is -2.18. The fourth-order valence-electron chi connectivity index (χ4n) is 5.62. The normalized spacial score (nSPS) is 15.0. The van der Waals surface area contributed by atoms with Gasteiger partial charge in [-0.05, 0) is 12.8 Å². The van der Waals surface area contributed by atoms with E-state index in [4.69, 9.17) is 0 Å². The van der Waals surface area contributed by atoms with Crippen LogP contribution in [0.15, 0.2) is 50.6 Å². The summed E-state index contributed by atoms with van der Waals surface area (Å²) < 4.78 is 0. The molecule has 0 unspecified atom stereocenters. The maximum atomic E-state index is 14.3. The van der Waals surface area contributed by atoms with E-state index < -0.39 is 5.54 Å². The van der Waals surface area contributed by atoms with Crippen molar-refractivity contribution in [3.63, 3.8) is 0 Å². The Morgan fingerprint density at radius 1 is 0.615 bits per heavy atom. The minimum absolute atomic E-state index is 0.0371. The topological polar surface area (TPSA) is 47.1 Å².